The van der Waals surface area contributed by atoms with E-state index in [1.807, 2.05) is 0 Å². The van der Waals surface area contributed by atoms with Crippen LogP contribution in [0.3, 0.4) is 0 Å². The lowest BCUT2D eigenvalue weighted by atomic mass is 9.96. The lowest BCUT2D eigenvalue weighted by Crippen LogP contribution is -2.44. The predicted molar refractivity (Wildman–Crippen MR) is 115 cm³/mol. The number of anilines is 1. The summed E-state index contributed by atoms with van der Waals surface area (Å²) in [6, 6.07) is 4.56. The zero-order valence-electron chi connectivity index (χ0n) is 17.6. The van der Waals surface area contributed by atoms with E-state index in [4.69, 9.17) is 0 Å². The van der Waals surface area contributed by atoms with Gasteiger partial charge in [0.15, 0.2) is 17.5 Å². The molecule has 3 aromatic rings. The zero-order chi connectivity index (χ0) is 23.5. The van der Waals surface area contributed by atoms with Gasteiger partial charge in [-0.3, -0.25) is 9.36 Å². The number of nitrogens with zero attached hydrogens (tertiary/aromatic N) is 3. The molecule has 0 aliphatic heterocycles. The van der Waals surface area contributed by atoms with Gasteiger partial charge in [-0.15, -0.1) is 0 Å². The molecule has 1 aromatic carbocycles. The summed E-state index contributed by atoms with van der Waals surface area (Å²) in [7, 11) is 0. The van der Waals surface area contributed by atoms with Gasteiger partial charge >= 0.3 is 11.4 Å². The van der Waals surface area contributed by atoms with Crippen LogP contribution >= 0.6 is 0 Å². The number of nitrogens with one attached hydrogen (secondary N) is 2. The number of pyridine rings is 1. The fourth-order valence-electron chi connectivity index (χ4n) is 3.98. The van der Waals surface area contributed by atoms with Crippen molar-refractivity contribution < 1.29 is 13.2 Å². The molecule has 0 radical (unpaired) electrons. The summed E-state index contributed by atoms with van der Waals surface area (Å²) in [6.07, 6.45) is 6.09. The van der Waals surface area contributed by atoms with Crippen molar-refractivity contribution in [3.05, 3.63) is 90.4 Å². The summed E-state index contributed by atoms with van der Waals surface area (Å²) in [5.74, 6) is -4.44. The number of hydrogen-bond acceptors (Lipinski definition) is 5. The van der Waals surface area contributed by atoms with Crippen molar-refractivity contribution in [2.24, 2.45) is 0 Å². The fraction of sp³-hybridized carbons (Fsp3) is 0.364. The van der Waals surface area contributed by atoms with Gasteiger partial charge in [-0.05, 0) is 36.6 Å². The van der Waals surface area contributed by atoms with Crippen LogP contribution in [-0.2, 0) is 13.1 Å². The van der Waals surface area contributed by atoms with E-state index in [0.717, 1.165) is 53.4 Å². The van der Waals surface area contributed by atoms with Crippen LogP contribution in [-0.4, -0.2) is 25.1 Å². The monoisotopic (exact) mass is 461 g/mol. The molecule has 4 rings (SSSR count). The summed E-state index contributed by atoms with van der Waals surface area (Å²) in [4.78, 5) is 44.5. The average Bonchev–Trinajstić information content (AvgIpc) is 2.79. The van der Waals surface area contributed by atoms with Crippen molar-refractivity contribution in [1.82, 2.24) is 19.1 Å². The van der Waals surface area contributed by atoms with Gasteiger partial charge in [-0.1, -0.05) is 25.3 Å². The standard InChI is InChI=1S/C22H22F3N5O3/c23-16-9-13(10-17(24)18(16)25)11-29-20(27-15-6-2-1-3-7-15)28-21(32)30(22(29)33)12-14-5-4-8-26-19(14)31/h4-5,8-10,15H,1-3,6-7,11-12H2,(H,26,31)(H,27,28,32). The second-order valence-corrected chi connectivity index (χ2v) is 8.05. The highest BCUT2D eigenvalue weighted by molar-refractivity contribution is 5.29. The lowest BCUT2D eigenvalue weighted by Gasteiger charge is -2.25. The third-order valence-corrected chi connectivity index (χ3v) is 5.70. The van der Waals surface area contributed by atoms with Crippen LogP contribution in [0.1, 0.15) is 43.2 Å². The van der Waals surface area contributed by atoms with E-state index in [1.165, 1.54) is 12.3 Å². The SMILES string of the molecule is O=c1[nH]cccc1Cn1c(=O)nc(NC2CCCCC2)n(Cc2cc(F)c(F)c(F)c2)c1=O. The predicted octanol–water partition coefficient (Wildman–Crippen LogP) is 2.35. The Hall–Kier alpha value is -3.63. The first-order valence-electron chi connectivity index (χ1n) is 10.6. The zero-order valence-corrected chi connectivity index (χ0v) is 17.6. The highest BCUT2D eigenvalue weighted by Crippen LogP contribution is 2.21. The molecular weight excluding hydrogens is 439 g/mol. The molecule has 2 N–H and O–H groups in total. The molecule has 11 heteroatoms. The number of aromatic amines is 1. The van der Waals surface area contributed by atoms with E-state index in [9.17, 15) is 27.6 Å². The summed E-state index contributed by atoms with van der Waals surface area (Å²) in [5.41, 5.74) is -2.01. The molecule has 174 valence electrons. The second kappa shape index (κ2) is 9.47. The Morgan fingerprint density at radius 3 is 2.36 bits per heavy atom. The minimum atomic E-state index is -1.61. The Kier molecular flexibility index (Phi) is 6.47. The molecule has 33 heavy (non-hydrogen) atoms. The highest BCUT2D eigenvalue weighted by atomic mass is 19.2. The van der Waals surface area contributed by atoms with E-state index in [2.05, 4.69) is 15.3 Å². The number of rotatable bonds is 6. The number of H-pyrrole nitrogens is 1. The molecule has 2 aromatic heterocycles. The minimum absolute atomic E-state index is 0.0224. The van der Waals surface area contributed by atoms with Gasteiger partial charge < -0.3 is 10.3 Å². The fourth-order valence-corrected chi connectivity index (χ4v) is 3.98. The Labute approximate surface area is 185 Å². The highest BCUT2D eigenvalue weighted by Gasteiger charge is 2.20. The Balaban J connectivity index is 1.79. The molecule has 1 fully saturated rings. The molecule has 1 saturated carbocycles. The van der Waals surface area contributed by atoms with Crippen LogP contribution in [0.25, 0.3) is 0 Å². The molecule has 0 saturated heterocycles. The van der Waals surface area contributed by atoms with Crippen LogP contribution in [0, 0.1) is 17.5 Å². The molecule has 0 atom stereocenters. The van der Waals surface area contributed by atoms with E-state index >= 15 is 0 Å². The first-order chi connectivity index (χ1) is 15.8. The minimum Gasteiger partial charge on any atom is -0.353 e. The van der Waals surface area contributed by atoms with Gasteiger partial charge in [0, 0.05) is 17.8 Å². The molecule has 0 spiro atoms. The molecule has 0 unspecified atom stereocenters. The quantitative estimate of drug-likeness (QED) is 0.549. The number of halogens is 3. The molecule has 0 bridgehead atoms. The van der Waals surface area contributed by atoms with Crippen molar-refractivity contribution in [3.8, 4) is 0 Å². The Bertz CT molecular complexity index is 1320. The van der Waals surface area contributed by atoms with Crippen LogP contribution < -0.4 is 22.3 Å². The number of aromatic nitrogens is 4. The summed E-state index contributed by atoms with van der Waals surface area (Å²) in [5, 5.41) is 3.10. The van der Waals surface area contributed by atoms with Gasteiger partial charge in [0.2, 0.25) is 5.95 Å². The number of hydrogen-bond donors (Lipinski definition) is 2. The molecule has 8 nitrogen and oxygen atoms in total. The average molecular weight is 461 g/mol. The van der Waals surface area contributed by atoms with Crippen molar-refractivity contribution in [1.29, 1.82) is 0 Å². The van der Waals surface area contributed by atoms with Crippen LogP contribution in [0.4, 0.5) is 19.1 Å². The molecule has 1 aliphatic rings. The van der Waals surface area contributed by atoms with E-state index in [-0.39, 0.29) is 36.2 Å². The van der Waals surface area contributed by atoms with Crippen molar-refractivity contribution in [2.75, 3.05) is 5.32 Å². The summed E-state index contributed by atoms with van der Waals surface area (Å²) >= 11 is 0. The van der Waals surface area contributed by atoms with E-state index < -0.39 is 34.4 Å². The number of benzene rings is 1. The molecular formula is C22H22F3N5O3. The first kappa shape index (κ1) is 22.6. The van der Waals surface area contributed by atoms with Gasteiger partial charge in [0.1, 0.15) is 0 Å². The lowest BCUT2D eigenvalue weighted by molar-refractivity contribution is 0.443. The van der Waals surface area contributed by atoms with Crippen molar-refractivity contribution in [2.45, 2.75) is 51.2 Å². The smallest absolute Gasteiger partial charge is 0.353 e. The van der Waals surface area contributed by atoms with Crippen LogP contribution in [0.15, 0.2) is 44.8 Å². The van der Waals surface area contributed by atoms with Crippen LogP contribution in [0.2, 0.25) is 0 Å². The Morgan fingerprint density at radius 2 is 1.70 bits per heavy atom. The third kappa shape index (κ3) is 4.91. The normalized spacial score (nSPS) is 14.4. The van der Waals surface area contributed by atoms with Gasteiger partial charge in [0.05, 0.1) is 13.1 Å². The van der Waals surface area contributed by atoms with Crippen LogP contribution in [0.5, 0.6) is 0 Å². The molecule has 2 heterocycles. The topological polar surface area (TPSA) is 102 Å². The first-order valence-corrected chi connectivity index (χ1v) is 10.6. The van der Waals surface area contributed by atoms with Gasteiger partial charge in [0.25, 0.3) is 5.56 Å². The Morgan fingerprint density at radius 1 is 1.00 bits per heavy atom. The summed E-state index contributed by atoms with van der Waals surface area (Å²) in [6.45, 7) is -0.697. The van der Waals surface area contributed by atoms with Gasteiger partial charge in [-0.25, -0.2) is 27.3 Å². The summed E-state index contributed by atoms with van der Waals surface area (Å²) < 4.78 is 42.8. The van der Waals surface area contributed by atoms with Gasteiger partial charge in [-0.2, -0.15) is 4.98 Å². The maximum absolute atomic E-state index is 13.8. The second-order valence-electron chi connectivity index (χ2n) is 8.05. The molecule has 1 aliphatic carbocycles. The van der Waals surface area contributed by atoms with E-state index in [1.54, 1.807) is 6.07 Å². The third-order valence-electron chi connectivity index (χ3n) is 5.70. The maximum atomic E-state index is 13.8. The largest absolute Gasteiger partial charge is 0.355 e. The van der Waals surface area contributed by atoms with Crippen molar-refractivity contribution in [3.63, 3.8) is 0 Å². The maximum Gasteiger partial charge on any atom is 0.355 e. The van der Waals surface area contributed by atoms with Crippen molar-refractivity contribution >= 4 is 5.95 Å². The molecule has 0 amide bonds. The van der Waals surface area contributed by atoms with E-state index in [0.29, 0.717) is 0 Å².